The Kier molecular flexibility index (Phi) is 5.40. The van der Waals surface area contributed by atoms with E-state index in [0.29, 0.717) is 18.8 Å². The van der Waals surface area contributed by atoms with Gasteiger partial charge in [0.05, 0.1) is 19.1 Å². The summed E-state index contributed by atoms with van der Waals surface area (Å²) >= 11 is 0. The van der Waals surface area contributed by atoms with Gasteiger partial charge in [-0.3, -0.25) is 14.6 Å². The predicted octanol–water partition coefficient (Wildman–Crippen LogP) is 3.00. The smallest absolute Gasteiger partial charge is 0.425 e. The van der Waals surface area contributed by atoms with Crippen molar-refractivity contribution in [3.05, 3.63) is 23.5 Å². The van der Waals surface area contributed by atoms with Gasteiger partial charge in [0.25, 0.3) is 0 Å². The van der Waals surface area contributed by atoms with Crippen LogP contribution < -0.4 is 10.5 Å². The van der Waals surface area contributed by atoms with Gasteiger partial charge >= 0.3 is 6.18 Å². The summed E-state index contributed by atoms with van der Waals surface area (Å²) in [6, 6.07) is 1.25. The molecular formula is C19H23F3N2O4. The Morgan fingerprint density at radius 3 is 2.50 bits per heavy atom. The summed E-state index contributed by atoms with van der Waals surface area (Å²) < 4.78 is 49.0. The van der Waals surface area contributed by atoms with Crippen molar-refractivity contribution in [2.45, 2.75) is 51.3 Å². The molecule has 28 heavy (non-hydrogen) atoms. The molecule has 2 N–H and O–H groups in total. The van der Waals surface area contributed by atoms with Gasteiger partial charge in [0.1, 0.15) is 11.4 Å². The first-order valence-corrected chi connectivity index (χ1v) is 9.15. The van der Waals surface area contributed by atoms with Crippen LogP contribution in [0.4, 0.5) is 13.2 Å². The number of aromatic nitrogens is 1. The number of rotatable bonds is 8. The topological polar surface area (TPSA) is 91.5 Å². The molecule has 2 aliphatic rings. The van der Waals surface area contributed by atoms with Crippen molar-refractivity contribution < 1.29 is 32.2 Å². The van der Waals surface area contributed by atoms with E-state index in [1.807, 2.05) is 6.92 Å². The van der Waals surface area contributed by atoms with Crippen LogP contribution in [0.3, 0.4) is 0 Å². The van der Waals surface area contributed by atoms with Crippen LogP contribution in [-0.2, 0) is 9.53 Å². The third kappa shape index (κ3) is 4.29. The van der Waals surface area contributed by atoms with Crippen molar-refractivity contribution in [3.8, 4) is 5.75 Å². The zero-order chi connectivity index (χ0) is 20.7. The third-order valence-electron chi connectivity index (χ3n) is 5.40. The number of ether oxygens (including phenoxy) is 2. The molecule has 1 saturated carbocycles. The van der Waals surface area contributed by atoms with E-state index < -0.39 is 35.3 Å². The maximum Gasteiger partial charge on any atom is 0.425 e. The molecule has 1 saturated heterocycles. The minimum absolute atomic E-state index is 0.0134. The van der Waals surface area contributed by atoms with E-state index in [9.17, 15) is 22.8 Å². The monoisotopic (exact) mass is 400 g/mol. The second-order valence-electron chi connectivity index (χ2n) is 7.91. The zero-order valence-electron chi connectivity index (χ0n) is 15.7. The highest BCUT2D eigenvalue weighted by molar-refractivity contribution is 5.97. The SMILES string of the molecule is C[C@H](Oc1cc(C(=O)CC(C(N)=O)C2(C)COC2)ncc1C1CC1)C(F)(F)F. The lowest BCUT2D eigenvalue weighted by molar-refractivity contribution is -0.189. The Morgan fingerprint density at radius 2 is 2.04 bits per heavy atom. The highest BCUT2D eigenvalue weighted by Crippen LogP contribution is 2.45. The second kappa shape index (κ2) is 7.35. The van der Waals surface area contributed by atoms with E-state index in [2.05, 4.69) is 4.98 Å². The first-order valence-electron chi connectivity index (χ1n) is 9.15. The molecular weight excluding hydrogens is 377 g/mol. The van der Waals surface area contributed by atoms with Crippen molar-refractivity contribution in [2.24, 2.45) is 17.1 Å². The van der Waals surface area contributed by atoms with E-state index in [-0.39, 0.29) is 23.8 Å². The maximum atomic E-state index is 12.9. The van der Waals surface area contributed by atoms with Gasteiger partial charge in [0.15, 0.2) is 11.9 Å². The van der Waals surface area contributed by atoms with Crippen LogP contribution in [0.1, 0.15) is 55.1 Å². The lowest BCUT2D eigenvalue weighted by Gasteiger charge is -2.42. The van der Waals surface area contributed by atoms with Gasteiger partial charge in [-0.25, -0.2) is 0 Å². The molecule has 2 fully saturated rings. The first kappa shape index (κ1) is 20.6. The van der Waals surface area contributed by atoms with Crippen LogP contribution in [0.15, 0.2) is 12.3 Å². The second-order valence-corrected chi connectivity index (χ2v) is 7.91. The molecule has 9 heteroatoms. The summed E-state index contributed by atoms with van der Waals surface area (Å²) in [5.41, 5.74) is 5.46. The van der Waals surface area contributed by atoms with Crippen LogP contribution in [0.2, 0.25) is 0 Å². The Hall–Kier alpha value is -2.16. The molecule has 2 atom stereocenters. The lowest BCUT2D eigenvalue weighted by Crippen LogP contribution is -2.51. The summed E-state index contributed by atoms with van der Waals surface area (Å²) in [4.78, 5) is 28.6. The molecule has 6 nitrogen and oxygen atoms in total. The average molecular weight is 400 g/mol. The number of alkyl halides is 3. The quantitative estimate of drug-likeness (QED) is 0.678. The molecule has 1 aliphatic carbocycles. The van der Waals surface area contributed by atoms with Gasteiger partial charge in [0.2, 0.25) is 5.91 Å². The predicted molar refractivity (Wildman–Crippen MR) is 92.9 cm³/mol. The number of carbonyl (C=O) groups excluding carboxylic acids is 2. The molecule has 0 radical (unpaired) electrons. The summed E-state index contributed by atoms with van der Waals surface area (Å²) in [6.07, 6.45) is -3.64. The summed E-state index contributed by atoms with van der Waals surface area (Å²) in [7, 11) is 0. The number of hydrogen-bond donors (Lipinski definition) is 1. The van der Waals surface area contributed by atoms with Crippen LogP contribution in [0.5, 0.6) is 5.75 Å². The number of carbonyl (C=O) groups is 2. The van der Waals surface area contributed by atoms with E-state index in [1.54, 1.807) is 0 Å². The van der Waals surface area contributed by atoms with Crippen LogP contribution in [-0.4, -0.2) is 42.2 Å². The van der Waals surface area contributed by atoms with Crippen molar-refractivity contribution in [2.75, 3.05) is 13.2 Å². The molecule has 1 aromatic heterocycles. The number of halogens is 3. The Morgan fingerprint density at radius 1 is 1.39 bits per heavy atom. The molecule has 2 heterocycles. The van der Waals surface area contributed by atoms with Gasteiger partial charge in [0, 0.05) is 29.7 Å². The highest BCUT2D eigenvalue weighted by atomic mass is 19.4. The molecule has 1 amide bonds. The number of ketones is 1. The number of hydrogen-bond acceptors (Lipinski definition) is 5. The summed E-state index contributed by atoms with van der Waals surface area (Å²) in [5, 5.41) is 0. The lowest BCUT2D eigenvalue weighted by atomic mass is 9.72. The Labute approximate surface area is 160 Å². The van der Waals surface area contributed by atoms with Crippen molar-refractivity contribution in [1.29, 1.82) is 0 Å². The van der Waals surface area contributed by atoms with Crippen molar-refractivity contribution >= 4 is 11.7 Å². The maximum absolute atomic E-state index is 12.9. The molecule has 0 aromatic carbocycles. The molecule has 0 bridgehead atoms. The fourth-order valence-corrected chi connectivity index (χ4v) is 3.27. The summed E-state index contributed by atoms with van der Waals surface area (Å²) in [5.74, 6) is -1.71. The minimum atomic E-state index is -4.52. The van der Waals surface area contributed by atoms with Gasteiger partial charge in [-0.2, -0.15) is 13.2 Å². The average Bonchev–Trinajstić information content (AvgIpc) is 3.41. The van der Waals surface area contributed by atoms with Gasteiger partial charge in [-0.05, 0) is 25.7 Å². The molecule has 1 aromatic rings. The number of nitrogens with zero attached hydrogens (tertiary/aromatic N) is 1. The highest BCUT2D eigenvalue weighted by Gasteiger charge is 2.45. The van der Waals surface area contributed by atoms with Gasteiger partial charge < -0.3 is 15.2 Å². The third-order valence-corrected chi connectivity index (χ3v) is 5.40. The fraction of sp³-hybridized carbons (Fsp3) is 0.632. The fourth-order valence-electron chi connectivity index (χ4n) is 3.27. The van der Waals surface area contributed by atoms with E-state index in [4.69, 9.17) is 15.2 Å². The van der Waals surface area contributed by atoms with E-state index in [0.717, 1.165) is 19.8 Å². The van der Waals surface area contributed by atoms with Crippen molar-refractivity contribution in [3.63, 3.8) is 0 Å². The van der Waals surface area contributed by atoms with Crippen LogP contribution in [0.25, 0.3) is 0 Å². The van der Waals surface area contributed by atoms with Gasteiger partial charge in [-0.15, -0.1) is 0 Å². The van der Waals surface area contributed by atoms with Crippen molar-refractivity contribution in [1.82, 2.24) is 4.98 Å². The number of nitrogens with two attached hydrogens (primary N) is 1. The zero-order valence-corrected chi connectivity index (χ0v) is 15.7. The molecule has 154 valence electrons. The van der Waals surface area contributed by atoms with Crippen LogP contribution >= 0.6 is 0 Å². The Balaban J connectivity index is 1.82. The summed E-state index contributed by atoms with van der Waals surface area (Å²) in [6.45, 7) is 3.36. The molecule has 1 unspecified atom stereocenters. The van der Waals surface area contributed by atoms with Crippen LogP contribution in [0, 0.1) is 11.3 Å². The van der Waals surface area contributed by atoms with E-state index in [1.165, 1.54) is 12.3 Å². The first-order chi connectivity index (χ1) is 13.0. The minimum Gasteiger partial charge on any atom is -0.481 e. The molecule has 3 rings (SSSR count). The molecule has 0 spiro atoms. The number of Topliss-reactive ketones (excluding diaryl/α,β-unsaturated/α-hetero) is 1. The number of pyridine rings is 1. The number of primary amides is 1. The molecule has 1 aliphatic heterocycles. The number of amides is 1. The standard InChI is InChI=1S/C19H23F3N2O4/c1-10(19(20,21)22)28-16-6-14(24-7-12(16)11-3-4-11)15(25)5-13(17(23)26)18(2)8-27-9-18/h6-7,10-11,13H,3-5,8-9H2,1-2H3,(H2,23,26)/t10-,13?/m0/s1. The van der Waals surface area contributed by atoms with E-state index >= 15 is 0 Å². The van der Waals surface area contributed by atoms with Gasteiger partial charge in [-0.1, -0.05) is 6.92 Å². The Bertz CT molecular complexity index is 773. The normalized spacial score (nSPS) is 20.8. The largest absolute Gasteiger partial charge is 0.481 e.